The van der Waals surface area contributed by atoms with Crippen molar-refractivity contribution in [1.29, 1.82) is 0 Å². The molecule has 3 rings (SSSR count). The monoisotopic (exact) mass is 364 g/mol. The fourth-order valence-corrected chi connectivity index (χ4v) is 3.25. The second kappa shape index (κ2) is 8.85. The van der Waals surface area contributed by atoms with Crippen molar-refractivity contribution >= 4 is 11.8 Å². The van der Waals surface area contributed by atoms with Crippen molar-refractivity contribution in [2.24, 2.45) is 0 Å². The third kappa shape index (κ3) is 5.19. The lowest BCUT2D eigenvalue weighted by Crippen LogP contribution is -2.32. The number of aryl methyl sites for hydroxylation is 2. The van der Waals surface area contributed by atoms with Crippen LogP contribution in [0.3, 0.4) is 0 Å². The highest BCUT2D eigenvalue weighted by atomic mass is 16.2. The van der Waals surface area contributed by atoms with E-state index in [-0.39, 0.29) is 11.8 Å². The molecule has 142 valence electrons. The third-order valence-electron chi connectivity index (χ3n) is 5.16. The zero-order chi connectivity index (χ0) is 19.2. The van der Waals surface area contributed by atoms with E-state index >= 15 is 0 Å². The average Bonchev–Trinajstić information content (AvgIpc) is 3.55. The zero-order valence-corrected chi connectivity index (χ0v) is 16.2. The first kappa shape index (κ1) is 19.2. The second-order valence-electron chi connectivity index (χ2n) is 7.20. The molecule has 0 heterocycles. The van der Waals surface area contributed by atoms with Crippen LogP contribution in [-0.4, -0.2) is 29.8 Å². The molecule has 1 saturated carbocycles. The molecule has 0 saturated heterocycles. The summed E-state index contributed by atoms with van der Waals surface area (Å²) in [5.41, 5.74) is 4.24. The topological polar surface area (TPSA) is 49.4 Å². The fraction of sp³-hybridized carbons (Fsp3) is 0.391. The largest absolute Gasteiger partial charge is 0.355 e. The van der Waals surface area contributed by atoms with E-state index in [2.05, 4.69) is 36.5 Å². The first-order valence-electron chi connectivity index (χ1n) is 9.79. The number of nitrogens with zero attached hydrogens (tertiary/aromatic N) is 1. The molecule has 1 aliphatic carbocycles. The lowest BCUT2D eigenvalue weighted by molar-refractivity contribution is -0.132. The van der Waals surface area contributed by atoms with E-state index in [1.54, 1.807) is 7.05 Å². The maximum absolute atomic E-state index is 12.8. The third-order valence-corrected chi connectivity index (χ3v) is 5.16. The normalized spacial score (nSPS) is 13.3. The number of benzene rings is 2. The Kier molecular flexibility index (Phi) is 6.28. The van der Waals surface area contributed by atoms with E-state index in [1.807, 2.05) is 29.2 Å². The maximum atomic E-state index is 12.8. The number of rotatable bonds is 8. The van der Waals surface area contributed by atoms with E-state index in [9.17, 15) is 9.59 Å². The smallest absolute Gasteiger partial charge is 0.251 e. The summed E-state index contributed by atoms with van der Waals surface area (Å²) in [6.07, 6.45) is 4.54. The summed E-state index contributed by atoms with van der Waals surface area (Å²) < 4.78 is 0. The van der Waals surface area contributed by atoms with Gasteiger partial charge in [0, 0.05) is 31.6 Å². The molecule has 2 aromatic rings. The molecular formula is C23H28N2O2. The summed E-state index contributed by atoms with van der Waals surface area (Å²) in [7, 11) is 1.62. The predicted octanol–water partition coefficient (Wildman–Crippen LogP) is 3.73. The number of nitrogens with one attached hydrogen (secondary N) is 1. The van der Waals surface area contributed by atoms with Crippen LogP contribution in [0.5, 0.6) is 0 Å². The molecule has 0 unspecified atom stereocenters. The SMILES string of the molecule is CCc1ccc(CCC(=O)N(Cc2ccc(C(=O)NC)cc2)C2CC2)cc1. The quantitative estimate of drug-likeness (QED) is 0.776. The van der Waals surface area contributed by atoms with E-state index in [0.29, 0.717) is 24.6 Å². The highest BCUT2D eigenvalue weighted by Crippen LogP contribution is 2.29. The molecule has 2 aromatic carbocycles. The molecule has 0 aromatic heterocycles. The molecule has 4 nitrogen and oxygen atoms in total. The Bertz CT molecular complexity index is 777. The van der Waals surface area contributed by atoms with Gasteiger partial charge in [0.1, 0.15) is 0 Å². The van der Waals surface area contributed by atoms with Crippen molar-refractivity contribution in [2.75, 3.05) is 7.05 Å². The number of amides is 2. The molecule has 0 bridgehead atoms. The van der Waals surface area contributed by atoms with E-state index in [0.717, 1.165) is 31.2 Å². The van der Waals surface area contributed by atoms with Crippen molar-refractivity contribution < 1.29 is 9.59 Å². The molecule has 1 aliphatic rings. The molecule has 1 N–H and O–H groups in total. The minimum absolute atomic E-state index is 0.0919. The molecule has 1 fully saturated rings. The van der Waals surface area contributed by atoms with E-state index in [4.69, 9.17) is 0 Å². The van der Waals surface area contributed by atoms with Gasteiger partial charge in [-0.15, -0.1) is 0 Å². The number of hydrogen-bond acceptors (Lipinski definition) is 2. The first-order valence-corrected chi connectivity index (χ1v) is 9.79. The van der Waals surface area contributed by atoms with Crippen molar-refractivity contribution in [3.8, 4) is 0 Å². The van der Waals surface area contributed by atoms with Crippen LogP contribution in [0.25, 0.3) is 0 Å². The van der Waals surface area contributed by atoms with Crippen LogP contribution in [0.1, 0.15) is 53.2 Å². The van der Waals surface area contributed by atoms with Crippen LogP contribution in [0.2, 0.25) is 0 Å². The Balaban J connectivity index is 1.59. The first-order chi connectivity index (χ1) is 13.1. The van der Waals surface area contributed by atoms with Crippen LogP contribution in [0, 0.1) is 0 Å². The van der Waals surface area contributed by atoms with Gasteiger partial charge in [0.25, 0.3) is 5.91 Å². The molecule has 27 heavy (non-hydrogen) atoms. The van der Waals surface area contributed by atoms with Gasteiger partial charge in [-0.3, -0.25) is 9.59 Å². The molecule has 2 amide bonds. The van der Waals surface area contributed by atoms with Gasteiger partial charge < -0.3 is 10.2 Å². The zero-order valence-electron chi connectivity index (χ0n) is 16.2. The van der Waals surface area contributed by atoms with Gasteiger partial charge in [0.2, 0.25) is 5.91 Å². The second-order valence-corrected chi connectivity index (χ2v) is 7.20. The van der Waals surface area contributed by atoms with Crippen LogP contribution < -0.4 is 5.32 Å². The Hall–Kier alpha value is -2.62. The van der Waals surface area contributed by atoms with E-state index in [1.165, 1.54) is 11.1 Å². The highest BCUT2D eigenvalue weighted by molar-refractivity contribution is 5.93. The minimum atomic E-state index is -0.0919. The minimum Gasteiger partial charge on any atom is -0.355 e. The predicted molar refractivity (Wildman–Crippen MR) is 108 cm³/mol. The lowest BCUT2D eigenvalue weighted by Gasteiger charge is -2.23. The fourth-order valence-electron chi connectivity index (χ4n) is 3.25. The Morgan fingerprint density at radius 1 is 0.963 bits per heavy atom. The highest BCUT2D eigenvalue weighted by Gasteiger charge is 2.32. The number of carbonyl (C=O) groups excluding carboxylic acids is 2. The molecule has 0 radical (unpaired) electrons. The van der Waals surface area contributed by atoms with Crippen molar-refractivity contribution in [2.45, 2.75) is 51.6 Å². The maximum Gasteiger partial charge on any atom is 0.251 e. The Labute approximate surface area is 161 Å². The molecule has 0 spiro atoms. The molecular weight excluding hydrogens is 336 g/mol. The van der Waals surface area contributed by atoms with Gasteiger partial charge in [0.15, 0.2) is 0 Å². The Morgan fingerprint density at radius 3 is 2.11 bits per heavy atom. The molecule has 0 atom stereocenters. The summed E-state index contributed by atoms with van der Waals surface area (Å²) >= 11 is 0. The number of carbonyl (C=O) groups is 2. The van der Waals surface area contributed by atoms with Crippen LogP contribution in [0.15, 0.2) is 48.5 Å². The number of hydrogen-bond donors (Lipinski definition) is 1. The van der Waals surface area contributed by atoms with Gasteiger partial charge in [-0.05, 0) is 54.5 Å². The summed E-state index contributed by atoms with van der Waals surface area (Å²) in [4.78, 5) is 26.5. The van der Waals surface area contributed by atoms with Crippen LogP contribution >= 0.6 is 0 Å². The standard InChI is InChI=1S/C23H28N2O2/c1-3-17-4-6-18(7-5-17)10-15-22(26)25(21-13-14-21)16-19-8-11-20(12-9-19)23(27)24-2/h4-9,11-12,21H,3,10,13-16H2,1-2H3,(H,24,27). The van der Waals surface area contributed by atoms with Gasteiger partial charge in [-0.25, -0.2) is 0 Å². The summed E-state index contributed by atoms with van der Waals surface area (Å²) in [5.74, 6) is 0.123. The van der Waals surface area contributed by atoms with Gasteiger partial charge in [-0.1, -0.05) is 43.3 Å². The van der Waals surface area contributed by atoms with Gasteiger partial charge >= 0.3 is 0 Å². The molecule has 4 heteroatoms. The Morgan fingerprint density at radius 2 is 1.56 bits per heavy atom. The summed E-state index contributed by atoms with van der Waals surface area (Å²) in [5, 5.41) is 2.62. The average molecular weight is 364 g/mol. The van der Waals surface area contributed by atoms with Crippen molar-refractivity contribution in [1.82, 2.24) is 10.2 Å². The van der Waals surface area contributed by atoms with Crippen molar-refractivity contribution in [3.05, 3.63) is 70.8 Å². The lowest BCUT2D eigenvalue weighted by atomic mass is 10.1. The van der Waals surface area contributed by atoms with Gasteiger partial charge in [-0.2, -0.15) is 0 Å². The van der Waals surface area contributed by atoms with Crippen LogP contribution in [-0.2, 0) is 24.2 Å². The summed E-state index contributed by atoms with van der Waals surface area (Å²) in [6, 6.07) is 16.4. The van der Waals surface area contributed by atoms with Crippen LogP contribution in [0.4, 0.5) is 0 Å². The molecule has 0 aliphatic heterocycles. The van der Waals surface area contributed by atoms with Crippen molar-refractivity contribution in [3.63, 3.8) is 0 Å². The van der Waals surface area contributed by atoms with E-state index < -0.39 is 0 Å². The summed E-state index contributed by atoms with van der Waals surface area (Å²) in [6.45, 7) is 2.76. The van der Waals surface area contributed by atoms with Gasteiger partial charge in [0.05, 0.1) is 0 Å².